The molecule has 3 heterocycles. The van der Waals surface area contributed by atoms with Crippen molar-refractivity contribution in [1.29, 1.82) is 0 Å². The maximum atomic E-state index is 6.26. The second kappa shape index (κ2) is 17.5. The maximum Gasteiger partial charge on any atom is 0.238 e. The first kappa shape index (κ1) is 42.0. The fourth-order valence-electron chi connectivity index (χ4n) is 10.4. The van der Waals surface area contributed by atoms with Crippen molar-refractivity contribution < 1.29 is 4.42 Å². The summed E-state index contributed by atoms with van der Waals surface area (Å²) in [6, 6.07) is 92.1. The summed E-state index contributed by atoms with van der Waals surface area (Å²) in [5.74, 6) is 1.66. The lowest BCUT2D eigenvalue weighted by atomic mass is 10.0. The van der Waals surface area contributed by atoms with Crippen molar-refractivity contribution in [1.82, 2.24) is 19.5 Å². The Morgan fingerprint density at radius 3 is 1.48 bits per heavy atom. The first-order valence-electron chi connectivity index (χ1n) is 24.6. The molecule has 0 bridgehead atoms. The Labute approximate surface area is 421 Å². The van der Waals surface area contributed by atoms with Gasteiger partial charge < -0.3 is 9.32 Å². The van der Waals surface area contributed by atoms with E-state index in [-0.39, 0.29) is 0 Å². The number of furan rings is 1. The van der Waals surface area contributed by atoms with Gasteiger partial charge in [-0.25, -0.2) is 4.98 Å². The molecule has 0 radical (unpaired) electrons. The number of hydrogen-bond donors (Lipinski definition) is 0. The van der Waals surface area contributed by atoms with Gasteiger partial charge in [-0.3, -0.25) is 4.57 Å². The van der Waals surface area contributed by atoms with Gasteiger partial charge in [-0.05, 0) is 117 Å². The van der Waals surface area contributed by atoms with Crippen molar-refractivity contribution in [3.63, 3.8) is 0 Å². The number of hydrogen-bond acceptors (Lipinski definition) is 5. The third kappa shape index (κ3) is 7.57. The van der Waals surface area contributed by atoms with Gasteiger partial charge in [0.1, 0.15) is 11.2 Å². The van der Waals surface area contributed by atoms with Crippen LogP contribution in [0.25, 0.3) is 117 Å². The molecule has 0 atom stereocenters. The molecule has 0 N–H and O–H groups in total. The van der Waals surface area contributed by atoms with Gasteiger partial charge in [-0.15, -0.1) is 0 Å². The molecule has 0 saturated heterocycles. The highest BCUT2D eigenvalue weighted by Crippen LogP contribution is 2.42. The Balaban J connectivity index is 0.986. The normalized spacial score (nSPS) is 11.6. The molecule has 0 unspecified atom stereocenters. The molecule has 73 heavy (non-hydrogen) atoms. The molecule has 14 rings (SSSR count). The van der Waals surface area contributed by atoms with Crippen LogP contribution in [-0.2, 0) is 0 Å². The van der Waals surface area contributed by atoms with Crippen LogP contribution in [0.5, 0.6) is 0 Å². The van der Waals surface area contributed by atoms with Gasteiger partial charge in [-0.1, -0.05) is 188 Å². The Hall–Kier alpha value is -9.91. The standard InChI is InChI=1S/C67H43N5O/c1-4-14-44(15-5-1)47-26-32-54(33-27-47)71(55-34-28-48(29-35-55)51-25-24-46-18-10-11-21-50(46)40-51)56-36-38-58-57-37-30-52(45-16-6-2-7-17-45)42-61(57)72(62(58)43-56)67-69-65(49-19-8-3-9-20-49)68-66(70-67)53-31-39-64-60(41-53)59-22-12-13-23-63(59)73-64/h1-43H. The molecule has 0 aliphatic heterocycles. The van der Waals surface area contributed by atoms with Gasteiger partial charge in [0.25, 0.3) is 0 Å². The number of aromatic nitrogens is 4. The molecule has 6 heteroatoms. The van der Waals surface area contributed by atoms with Gasteiger partial charge in [0.2, 0.25) is 5.95 Å². The van der Waals surface area contributed by atoms with Crippen molar-refractivity contribution in [2.24, 2.45) is 0 Å². The van der Waals surface area contributed by atoms with E-state index < -0.39 is 0 Å². The first-order valence-corrected chi connectivity index (χ1v) is 24.6. The molecule has 0 fully saturated rings. The average molecular weight is 934 g/mol. The smallest absolute Gasteiger partial charge is 0.238 e. The highest BCUT2D eigenvalue weighted by atomic mass is 16.3. The number of anilines is 3. The summed E-state index contributed by atoms with van der Waals surface area (Å²) in [6.45, 7) is 0. The Morgan fingerprint density at radius 2 is 0.767 bits per heavy atom. The van der Waals surface area contributed by atoms with E-state index in [0.717, 1.165) is 94.2 Å². The van der Waals surface area contributed by atoms with Crippen LogP contribution < -0.4 is 4.90 Å². The molecule has 6 nitrogen and oxygen atoms in total. The van der Waals surface area contributed by atoms with Gasteiger partial charge in [0, 0.05) is 49.7 Å². The molecule has 11 aromatic carbocycles. The molecular weight excluding hydrogens is 891 g/mol. The lowest BCUT2D eigenvalue weighted by Crippen LogP contribution is -2.10. The van der Waals surface area contributed by atoms with Crippen molar-refractivity contribution in [2.45, 2.75) is 0 Å². The molecular formula is C67H43N5O. The minimum Gasteiger partial charge on any atom is -0.456 e. The summed E-state index contributed by atoms with van der Waals surface area (Å²) < 4.78 is 8.49. The van der Waals surface area contributed by atoms with Crippen LogP contribution in [0.15, 0.2) is 265 Å². The Morgan fingerprint density at radius 1 is 0.288 bits per heavy atom. The van der Waals surface area contributed by atoms with Crippen LogP contribution in [0.4, 0.5) is 17.1 Å². The van der Waals surface area contributed by atoms with Crippen LogP contribution in [-0.4, -0.2) is 19.5 Å². The zero-order valence-corrected chi connectivity index (χ0v) is 39.5. The molecule has 14 aromatic rings. The molecule has 0 saturated carbocycles. The number of benzene rings is 11. The van der Waals surface area contributed by atoms with Crippen molar-refractivity contribution in [3.05, 3.63) is 261 Å². The minimum atomic E-state index is 0.516. The fraction of sp³-hybridized carbons (Fsp3) is 0. The van der Waals surface area contributed by atoms with E-state index in [1.807, 2.05) is 48.5 Å². The molecule has 342 valence electrons. The first-order chi connectivity index (χ1) is 36.1. The summed E-state index contributed by atoms with van der Waals surface area (Å²) >= 11 is 0. The Bertz CT molecular complexity index is 4360. The van der Waals surface area contributed by atoms with Crippen LogP contribution in [0, 0.1) is 0 Å². The zero-order chi connectivity index (χ0) is 48.2. The predicted molar refractivity (Wildman–Crippen MR) is 301 cm³/mol. The van der Waals surface area contributed by atoms with E-state index >= 15 is 0 Å². The Kier molecular flexibility index (Phi) is 10.1. The number of fused-ring (bicyclic) bond motifs is 7. The van der Waals surface area contributed by atoms with Gasteiger partial charge in [-0.2, -0.15) is 9.97 Å². The van der Waals surface area contributed by atoms with E-state index in [9.17, 15) is 0 Å². The lowest BCUT2D eigenvalue weighted by Gasteiger charge is -2.26. The topological polar surface area (TPSA) is 60.0 Å². The average Bonchev–Trinajstić information content (AvgIpc) is 4.01. The predicted octanol–water partition coefficient (Wildman–Crippen LogP) is 17.8. The van der Waals surface area contributed by atoms with E-state index in [1.165, 1.54) is 21.9 Å². The SMILES string of the molecule is c1ccc(-c2ccc(N(c3ccc(-c4ccc5ccccc5c4)cc3)c3ccc4c5ccc(-c6ccccc6)cc5n(-c5nc(-c6ccccc6)nc(-c6ccc7oc8ccccc8c7c6)n5)c4c3)cc2)cc1. The van der Waals surface area contributed by atoms with Gasteiger partial charge in [0.15, 0.2) is 11.6 Å². The van der Waals surface area contributed by atoms with Gasteiger partial charge in [0.05, 0.1) is 11.0 Å². The van der Waals surface area contributed by atoms with Crippen LogP contribution in [0.2, 0.25) is 0 Å². The van der Waals surface area contributed by atoms with Crippen molar-refractivity contribution >= 4 is 71.6 Å². The summed E-state index contributed by atoms with van der Waals surface area (Å²) in [5, 5.41) is 6.67. The van der Waals surface area contributed by atoms with Crippen LogP contribution in [0.1, 0.15) is 0 Å². The largest absolute Gasteiger partial charge is 0.456 e. The van der Waals surface area contributed by atoms with Crippen molar-refractivity contribution in [2.75, 3.05) is 4.90 Å². The molecule has 0 spiro atoms. The number of rotatable bonds is 9. The molecule has 0 aliphatic carbocycles. The summed E-state index contributed by atoms with van der Waals surface area (Å²) in [4.78, 5) is 18.3. The lowest BCUT2D eigenvalue weighted by molar-refractivity contribution is 0.669. The van der Waals surface area contributed by atoms with E-state index in [2.05, 4.69) is 222 Å². The molecule has 3 aromatic heterocycles. The monoisotopic (exact) mass is 933 g/mol. The van der Waals surface area contributed by atoms with E-state index in [4.69, 9.17) is 19.4 Å². The number of para-hydroxylation sites is 1. The van der Waals surface area contributed by atoms with E-state index in [1.54, 1.807) is 0 Å². The molecule has 0 amide bonds. The highest BCUT2D eigenvalue weighted by Gasteiger charge is 2.22. The zero-order valence-electron chi connectivity index (χ0n) is 39.5. The maximum absolute atomic E-state index is 6.26. The second-order valence-corrected chi connectivity index (χ2v) is 18.4. The highest BCUT2D eigenvalue weighted by molar-refractivity contribution is 6.11. The molecule has 0 aliphatic rings. The van der Waals surface area contributed by atoms with Gasteiger partial charge >= 0.3 is 0 Å². The number of nitrogens with zero attached hydrogens (tertiary/aromatic N) is 5. The fourth-order valence-corrected chi connectivity index (χ4v) is 10.4. The third-order valence-corrected chi connectivity index (χ3v) is 14.0. The minimum absolute atomic E-state index is 0.516. The summed E-state index contributed by atoms with van der Waals surface area (Å²) in [7, 11) is 0. The van der Waals surface area contributed by atoms with Crippen molar-refractivity contribution in [3.8, 4) is 62.1 Å². The third-order valence-electron chi connectivity index (χ3n) is 14.0. The second-order valence-electron chi connectivity index (χ2n) is 18.4. The summed E-state index contributed by atoms with van der Waals surface area (Å²) in [6.07, 6.45) is 0. The van der Waals surface area contributed by atoms with E-state index in [0.29, 0.717) is 17.6 Å². The quantitative estimate of drug-likeness (QED) is 0.144. The van der Waals surface area contributed by atoms with Crippen LogP contribution >= 0.6 is 0 Å². The summed E-state index contributed by atoms with van der Waals surface area (Å²) in [5.41, 5.74) is 15.3. The van der Waals surface area contributed by atoms with Crippen LogP contribution in [0.3, 0.4) is 0 Å².